The summed E-state index contributed by atoms with van der Waals surface area (Å²) in [6.07, 6.45) is 0. The molecule has 5 nitrogen and oxygen atoms in total. The van der Waals surface area contributed by atoms with E-state index in [1.807, 2.05) is 0 Å². The van der Waals surface area contributed by atoms with Gasteiger partial charge in [-0.1, -0.05) is 11.2 Å². The van der Waals surface area contributed by atoms with E-state index in [0.717, 1.165) is 6.54 Å². The summed E-state index contributed by atoms with van der Waals surface area (Å²) < 4.78 is 34.3. The Hall–Kier alpha value is 0.180. The van der Waals surface area contributed by atoms with Crippen LogP contribution in [0.4, 0.5) is 0 Å². The summed E-state index contributed by atoms with van der Waals surface area (Å²) in [5.74, 6) is 1.63. The second-order valence-electron chi connectivity index (χ2n) is 4.05. The van der Waals surface area contributed by atoms with Crippen molar-refractivity contribution < 1.29 is 13.0 Å². The first-order valence-corrected chi connectivity index (χ1v) is 8.40. The molecule has 2 aliphatic heterocycles. The Labute approximate surface area is 93.1 Å². The van der Waals surface area contributed by atoms with Crippen molar-refractivity contribution >= 4 is 21.0 Å². The normalized spacial score (nSPS) is 41.3. The minimum Gasteiger partial charge on any atom is -0.616 e. The van der Waals surface area contributed by atoms with Crippen molar-refractivity contribution in [1.29, 1.82) is 0 Å². The Morgan fingerprint density at radius 3 is 2.60 bits per heavy atom. The smallest absolute Gasteiger partial charge is 0.153 e. The summed E-state index contributed by atoms with van der Waals surface area (Å²) in [7, 11) is -2.90. The van der Waals surface area contributed by atoms with E-state index in [-0.39, 0.29) is 23.6 Å². The zero-order valence-electron chi connectivity index (χ0n) is 8.44. The van der Waals surface area contributed by atoms with E-state index in [2.05, 4.69) is 10.6 Å². The zero-order valence-corrected chi connectivity index (χ0v) is 10.1. The number of sulfone groups is 1. The lowest BCUT2D eigenvalue weighted by Gasteiger charge is -2.34. The van der Waals surface area contributed by atoms with Gasteiger partial charge in [-0.3, -0.25) is 0 Å². The summed E-state index contributed by atoms with van der Waals surface area (Å²) in [5.41, 5.74) is 0. The lowest BCUT2D eigenvalue weighted by atomic mass is 10.1. The van der Waals surface area contributed by atoms with Crippen LogP contribution in [0, 0.1) is 0 Å². The summed E-state index contributed by atoms with van der Waals surface area (Å²) in [6.45, 7) is 1.23. The van der Waals surface area contributed by atoms with Gasteiger partial charge in [0.15, 0.2) is 9.84 Å². The molecule has 2 rings (SSSR count). The van der Waals surface area contributed by atoms with Gasteiger partial charge >= 0.3 is 0 Å². The second-order valence-corrected chi connectivity index (χ2v) is 7.90. The maximum Gasteiger partial charge on any atom is 0.153 e. The van der Waals surface area contributed by atoms with Crippen molar-refractivity contribution in [2.45, 2.75) is 12.1 Å². The molecule has 2 fully saturated rings. The maximum absolute atomic E-state index is 11.4. The number of hydrogen-bond acceptors (Lipinski definition) is 5. The molecule has 0 bridgehead atoms. The van der Waals surface area contributed by atoms with E-state index in [1.165, 1.54) is 0 Å². The van der Waals surface area contributed by atoms with Gasteiger partial charge in [0.1, 0.15) is 11.5 Å². The van der Waals surface area contributed by atoms with E-state index in [9.17, 15) is 13.0 Å². The van der Waals surface area contributed by atoms with Gasteiger partial charge in [0, 0.05) is 19.1 Å². The van der Waals surface area contributed by atoms with Crippen LogP contribution < -0.4 is 10.6 Å². The fourth-order valence-corrected chi connectivity index (χ4v) is 4.79. The molecule has 0 amide bonds. The highest BCUT2D eigenvalue weighted by Gasteiger charge is 2.34. The largest absolute Gasteiger partial charge is 0.616 e. The Morgan fingerprint density at radius 1 is 1.20 bits per heavy atom. The molecular formula is C8H16N2O3S2. The first-order chi connectivity index (χ1) is 7.07. The lowest BCUT2D eigenvalue weighted by Crippen LogP contribution is -2.60. The van der Waals surface area contributed by atoms with Crippen LogP contribution in [-0.2, 0) is 21.0 Å². The minimum absolute atomic E-state index is 0.0367. The van der Waals surface area contributed by atoms with Crippen molar-refractivity contribution in [1.82, 2.24) is 10.6 Å². The van der Waals surface area contributed by atoms with Crippen LogP contribution in [0.3, 0.4) is 0 Å². The topological polar surface area (TPSA) is 81.3 Å². The van der Waals surface area contributed by atoms with Gasteiger partial charge < -0.3 is 15.2 Å². The van der Waals surface area contributed by atoms with E-state index in [4.69, 9.17) is 0 Å². The van der Waals surface area contributed by atoms with Crippen molar-refractivity contribution in [2.75, 3.05) is 36.1 Å². The second kappa shape index (κ2) is 4.58. The molecule has 2 heterocycles. The van der Waals surface area contributed by atoms with Gasteiger partial charge in [0.25, 0.3) is 0 Å². The van der Waals surface area contributed by atoms with Gasteiger partial charge in [0.05, 0.1) is 17.5 Å². The highest BCUT2D eigenvalue weighted by Crippen LogP contribution is 2.10. The first-order valence-electron chi connectivity index (χ1n) is 5.09. The summed E-state index contributed by atoms with van der Waals surface area (Å²) in [4.78, 5) is 0. The standard InChI is InChI=1S/C8H16N2O3S2/c11-14-3-1-9-7(5-14)8-6-15(12,13)4-2-10-8/h7-10H,1-6H2. The third-order valence-electron chi connectivity index (χ3n) is 2.84. The molecule has 2 aliphatic rings. The minimum atomic E-state index is -2.90. The zero-order chi connectivity index (χ0) is 10.9. The molecule has 0 saturated carbocycles. The molecule has 2 N–H and O–H groups in total. The van der Waals surface area contributed by atoms with Crippen molar-refractivity contribution in [2.24, 2.45) is 0 Å². The predicted octanol–water partition coefficient (Wildman–Crippen LogP) is -1.91. The Balaban J connectivity index is 1.97. The quantitative estimate of drug-likeness (QED) is 0.533. The number of rotatable bonds is 1. The van der Waals surface area contributed by atoms with Crippen LogP contribution in [0.25, 0.3) is 0 Å². The van der Waals surface area contributed by atoms with Crippen molar-refractivity contribution in [3.8, 4) is 0 Å². The average Bonchev–Trinajstić information content (AvgIpc) is 2.16. The van der Waals surface area contributed by atoms with Crippen molar-refractivity contribution in [3.05, 3.63) is 0 Å². The molecular weight excluding hydrogens is 236 g/mol. The monoisotopic (exact) mass is 252 g/mol. The summed E-state index contributed by atoms with van der Waals surface area (Å²) >= 11 is -0.794. The van der Waals surface area contributed by atoms with Crippen LogP contribution in [0.15, 0.2) is 0 Å². The predicted molar refractivity (Wildman–Crippen MR) is 60.1 cm³/mol. The van der Waals surface area contributed by atoms with E-state index in [0.29, 0.717) is 18.1 Å². The molecule has 0 radical (unpaired) electrons. The van der Waals surface area contributed by atoms with Crippen LogP contribution in [0.1, 0.15) is 0 Å². The molecule has 0 spiro atoms. The van der Waals surface area contributed by atoms with Gasteiger partial charge in [-0.25, -0.2) is 8.42 Å². The Morgan fingerprint density at radius 2 is 1.93 bits per heavy atom. The van der Waals surface area contributed by atoms with Gasteiger partial charge in [-0.15, -0.1) is 0 Å². The van der Waals surface area contributed by atoms with Crippen molar-refractivity contribution in [3.63, 3.8) is 0 Å². The number of nitrogens with one attached hydrogen (secondary N) is 2. The van der Waals surface area contributed by atoms with Gasteiger partial charge in [-0.05, 0) is 0 Å². The fourth-order valence-electron chi connectivity index (χ4n) is 2.03. The van der Waals surface area contributed by atoms with Crippen LogP contribution >= 0.6 is 0 Å². The highest BCUT2D eigenvalue weighted by atomic mass is 32.2. The third-order valence-corrected chi connectivity index (χ3v) is 5.92. The van der Waals surface area contributed by atoms with Gasteiger partial charge in [-0.2, -0.15) is 0 Å². The summed E-state index contributed by atoms with van der Waals surface area (Å²) in [5, 5.41) is 6.43. The molecule has 7 heteroatoms. The Kier molecular flexibility index (Phi) is 3.56. The van der Waals surface area contributed by atoms with E-state index in [1.54, 1.807) is 0 Å². The molecule has 0 aromatic heterocycles. The molecule has 0 aliphatic carbocycles. The average molecular weight is 252 g/mol. The molecule has 3 unspecified atom stereocenters. The molecule has 2 saturated heterocycles. The fraction of sp³-hybridized carbons (Fsp3) is 1.00. The molecule has 15 heavy (non-hydrogen) atoms. The first kappa shape index (κ1) is 11.7. The molecule has 0 aromatic carbocycles. The highest BCUT2D eigenvalue weighted by molar-refractivity contribution is 7.91. The van der Waals surface area contributed by atoms with Crippen LogP contribution in [0.5, 0.6) is 0 Å². The molecule has 3 atom stereocenters. The van der Waals surface area contributed by atoms with E-state index < -0.39 is 21.0 Å². The number of hydrogen-bond donors (Lipinski definition) is 2. The maximum atomic E-state index is 11.4. The summed E-state index contributed by atoms with van der Waals surface area (Å²) in [6, 6.07) is -0.0392. The molecule has 0 aromatic rings. The lowest BCUT2D eigenvalue weighted by molar-refractivity contribution is 0.401. The SMILES string of the molecule is O=S1(=O)CCNC(C2C[S+]([O-])CCN2)C1. The van der Waals surface area contributed by atoms with Crippen LogP contribution in [-0.4, -0.2) is 61.2 Å². The Bertz CT molecular complexity index is 320. The van der Waals surface area contributed by atoms with Gasteiger partial charge in [0.2, 0.25) is 0 Å². The third kappa shape index (κ3) is 3.07. The van der Waals surface area contributed by atoms with Crippen LogP contribution in [0.2, 0.25) is 0 Å². The molecule has 88 valence electrons. The van der Waals surface area contributed by atoms with E-state index >= 15 is 0 Å².